The molecule has 14 rings (SSSR count). The fourth-order valence-electron chi connectivity index (χ4n) is 9.97. The summed E-state index contributed by atoms with van der Waals surface area (Å²) in [6.07, 6.45) is 13.3. The predicted molar refractivity (Wildman–Crippen MR) is 356 cm³/mol. The first-order valence-electron chi connectivity index (χ1n) is 28.5. The molecule has 92 heavy (non-hydrogen) atoms. The minimum atomic E-state index is -5.13. The van der Waals surface area contributed by atoms with E-state index in [0.717, 1.165) is 0 Å². The van der Waals surface area contributed by atoms with Gasteiger partial charge in [-0.2, -0.15) is 0 Å². The molecule has 28 heteroatoms. The lowest BCUT2D eigenvalue weighted by Gasteiger charge is -2.60. The summed E-state index contributed by atoms with van der Waals surface area (Å²) in [5, 5.41) is 84.2. The zero-order chi connectivity index (χ0) is 63.7. The number of aromatic hydroxyl groups is 8. The topological polar surface area (TPSA) is 273 Å². The van der Waals surface area contributed by atoms with Crippen LogP contribution in [0.25, 0.3) is 48.6 Å². The van der Waals surface area contributed by atoms with Crippen LogP contribution in [0.5, 0.6) is 46.0 Å². The second kappa shape index (κ2) is 25.1. The van der Waals surface area contributed by atoms with E-state index in [1.165, 1.54) is 97.1 Å². The molecule has 6 saturated heterocycles. The van der Waals surface area contributed by atoms with Gasteiger partial charge in [0.2, 0.25) is 0 Å². The molecule has 8 N–H and O–H groups in total. The number of phenols is 8. The van der Waals surface area contributed by atoms with E-state index in [9.17, 15) is 40.9 Å². The highest BCUT2D eigenvalue weighted by atomic mass is 28.6. The van der Waals surface area contributed by atoms with E-state index in [2.05, 4.69) is 0 Å². The van der Waals surface area contributed by atoms with Gasteiger partial charge in [-0.25, -0.2) is 0 Å². The first-order chi connectivity index (χ1) is 44.3. The maximum atomic E-state index is 10.5. The van der Waals surface area contributed by atoms with Gasteiger partial charge in [-0.3, -0.25) is 0 Å². The number of hydrogen-bond acceptors (Lipinski definition) is 20. The molecule has 6 heterocycles. The van der Waals surface area contributed by atoms with E-state index in [1.54, 1.807) is 191 Å². The largest absolute Gasteiger partial charge is 0.508 e. The molecule has 0 unspecified atom stereocenters. The molecule has 20 nitrogen and oxygen atoms in total. The monoisotopic (exact) mass is 1370 g/mol. The van der Waals surface area contributed by atoms with Crippen LogP contribution in [0, 0.1) is 0 Å². The van der Waals surface area contributed by atoms with Gasteiger partial charge >= 0.3 is 70.4 Å². The molecule has 8 aromatic carbocycles. The van der Waals surface area contributed by atoms with Crippen LogP contribution < -0.4 is 0 Å². The molecule has 0 aliphatic carbocycles. The lowest BCUT2D eigenvalue weighted by molar-refractivity contribution is -0.00562. The Kier molecular flexibility index (Phi) is 17.0. The normalized spacial score (nSPS) is 28.7. The van der Waals surface area contributed by atoms with Crippen LogP contribution in [0.2, 0.25) is 0 Å². The van der Waals surface area contributed by atoms with Crippen LogP contribution in [-0.2, 0) is 49.4 Å². The van der Waals surface area contributed by atoms with Gasteiger partial charge in [-0.05, 0) is 187 Å². The minimum Gasteiger partial charge on any atom is -0.508 e. The third-order valence-corrected chi connectivity index (χ3v) is 46.3. The average molecular weight is 1370 g/mol. The van der Waals surface area contributed by atoms with Crippen molar-refractivity contribution in [3.05, 3.63) is 284 Å². The number of phenolic OH excluding ortho intramolecular Hbond substituents is 8. The summed E-state index contributed by atoms with van der Waals surface area (Å²) < 4.78 is 94.2. The summed E-state index contributed by atoms with van der Waals surface area (Å²) in [6, 6.07) is 50.6. The SMILES string of the molecule is Oc1ccc(/C=C/[Si]23O[Si]4(/C=C/c5ccc(O)cc5)O[Si]5(/C=C/c6ccc(O)cc6)O[Si](/C=C/c6ccc(O)cc6)(O2)O[Si]2(/C=C/c6ccc(O)cc6)O[Si](/C=C/c6ccc(O)cc6)(O3)O[Si](/C=C/c3ccc(O)cc3)(O4)O[Si](/C=C/c3ccc(O)cc3)(O5)O2)cc1. The Balaban J connectivity index is 1.17. The molecule has 0 radical (unpaired) electrons. The highest BCUT2D eigenvalue weighted by Crippen LogP contribution is 2.51. The van der Waals surface area contributed by atoms with Crippen molar-refractivity contribution < 1.29 is 90.2 Å². The summed E-state index contributed by atoms with van der Waals surface area (Å²) in [4.78, 5) is 0. The second-order valence-electron chi connectivity index (χ2n) is 21.5. The van der Waals surface area contributed by atoms with Crippen molar-refractivity contribution in [1.82, 2.24) is 0 Å². The third-order valence-electron chi connectivity index (χ3n) is 14.4. The Labute approximate surface area is 536 Å². The van der Waals surface area contributed by atoms with Crippen molar-refractivity contribution >= 4 is 119 Å². The Hall–Kier alpha value is -8.66. The van der Waals surface area contributed by atoms with Gasteiger partial charge in [0.15, 0.2) is 0 Å². The van der Waals surface area contributed by atoms with Gasteiger partial charge in [0.05, 0.1) is 0 Å². The second-order valence-corrected chi connectivity index (χ2v) is 43.6. The van der Waals surface area contributed by atoms with E-state index in [1.807, 2.05) is 0 Å². The van der Waals surface area contributed by atoms with Crippen LogP contribution in [0.1, 0.15) is 44.5 Å². The minimum absolute atomic E-state index is 0.00758. The van der Waals surface area contributed by atoms with Crippen molar-refractivity contribution in [3.63, 3.8) is 0 Å². The van der Waals surface area contributed by atoms with E-state index in [4.69, 9.17) is 49.4 Å². The molecule has 0 amide bonds. The number of hydrogen-bond donors (Lipinski definition) is 8. The number of benzene rings is 8. The summed E-state index contributed by atoms with van der Waals surface area (Å²) in [5.41, 5.74) is 16.9. The van der Waals surface area contributed by atoms with E-state index in [0.29, 0.717) is 44.5 Å². The standard InChI is InChI=1S/C64H56O20Si8/c65-57-17-1-49(2-18-57)33-41-85-73-86(42-34-50-3-19-58(66)20-4-50)76-89(45-37-53-9-25-61(69)26-10-53)78-87(74-85,43-35-51-5-21-59(67)22-6-51)80-91(47-39-55-13-29-63(71)30-14-55)81-88(75-85,44-36-52-7-23-60(68)24-8-52)79-90(77-86,46-38-54-11-27-62(70)28-12-54)83-92(82-89,84-91)48-40-56-15-31-64(72)32-16-56/h1-48,65-72H/b41-33+,42-34+,43-35+,44-36+,45-37+,46-38+,47-39+,48-40+. The first-order valence-corrected chi connectivity index (χ1v) is 43.0. The molecule has 0 spiro atoms. The van der Waals surface area contributed by atoms with Gasteiger partial charge < -0.3 is 90.2 Å². The molecule has 6 fully saturated rings. The lowest BCUT2D eigenvalue weighted by atomic mass is 10.2. The van der Waals surface area contributed by atoms with E-state index < -0.39 is 70.4 Å². The van der Waals surface area contributed by atoms with Crippen molar-refractivity contribution in [3.8, 4) is 46.0 Å². The maximum absolute atomic E-state index is 10.5. The zero-order valence-electron chi connectivity index (χ0n) is 48.2. The summed E-state index contributed by atoms with van der Waals surface area (Å²) >= 11 is 0. The smallest absolute Gasteiger partial charge is 0.508 e. The van der Waals surface area contributed by atoms with Crippen LogP contribution in [0.3, 0.4) is 0 Å². The van der Waals surface area contributed by atoms with Crippen molar-refractivity contribution in [2.24, 2.45) is 0 Å². The van der Waals surface area contributed by atoms with Gasteiger partial charge in [0, 0.05) is 0 Å². The Morgan fingerprint density at radius 2 is 0.239 bits per heavy atom. The predicted octanol–water partition coefficient (Wildman–Crippen LogP) is 11.4. The Morgan fingerprint density at radius 3 is 0.326 bits per heavy atom. The number of rotatable bonds is 16. The summed E-state index contributed by atoms with van der Waals surface area (Å²) in [5.74, 6) is -0.0606. The van der Waals surface area contributed by atoms with Crippen molar-refractivity contribution in [2.75, 3.05) is 0 Å². The van der Waals surface area contributed by atoms with Crippen LogP contribution in [0.4, 0.5) is 0 Å². The van der Waals surface area contributed by atoms with Gasteiger partial charge in [-0.15, -0.1) is 0 Å². The fraction of sp³-hybridized carbons (Fsp3) is 0. The summed E-state index contributed by atoms with van der Waals surface area (Å²) in [7, 11) is -41.0. The van der Waals surface area contributed by atoms with Crippen molar-refractivity contribution in [2.45, 2.75) is 0 Å². The highest BCUT2D eigenvalue weighted by Gasteiger charge is 2.82. The quantitative estimate of drug-likeness (QED) is 0.0418. The Bertz CT molecular complexity index is 3340. The lowest BCUT2D eigenvalue weighted by Crippen LogP contribution is -2.87. The molecule has 0 atom stereocenters. The molecule has 8 bridgehead atoms. The molecular formula is C64H56O20Si8. The zero-order valence-corrected chi connectivity index (χ0v) is 56.2. The molecular weight excluding hydrogens is 1310 g/mol. The van der Waals surface area contributed by atoms with Crippen molar-refractivity contribution in [1.29, 1.82) is 0 Å². The molecule has 6 aliphatic heterocycles. The van der Waals surface area contributed by atoms with Crippen LogP contribution in [0.15, 0.2) is 240 Å². The van der Waals surface area contributed by atoms with Crippen LogP contribution in [-0.4, -0.2) is 111 Å². The van der Waals surface area contributed by atoms with E-state index in [-0.39, 0.29) is 46.0 Å². The van der Waals surface area contributed by atoms with E-state index >= 15 is 0 Å². The fourth-order valence-corrected chi connectivity index (χ4v) is 51.7. The van der Waals surface area contributed by atoms with Gasteiger partial charge in [-0.1, -0.05) is 146 Å². The maximum Gasteiger partial charge on any atom is 0.508 e. The molecule has 6 aliphatic rings. The van der Waals surface area contributed by atoms with Gasteiger partial charge in [0.25, 0.3) is 0 Å². The molecule has 464 valence electrons. The first kappa shape index (κ1) is 62.2. The summed E-state index contributed by atoms with van der Waals surface area (Å²) in [6.45, 7) is 0. The highest BCUT2D eigenvalue weighted by molar-refractivity contribution is 7.08. The molecule has 0 aromatic heterocycles. The molecule has 8 aromatic rings. The third kappa shape index (κ3) is 14.3. The average Bonchev–Trinajstić information content (AvgIpc) is 0.687. The molecule has 0 saturated carbocycles. The van der Waals surface area contributed by atoms with Gasteiger partial charge in [0.1, 0.15) is 46.0 Å². The van der Waals surface area contributed by atoms with Crippen LogP contribution >= 0.6 is 0 Å². The Morgan fingerprint density at radius 1 is 0.152 bits per heavy atom.